The minimum atomic E-state index is -0.695. The summed E-state index contributed by atoms with van der Waals surface area (Å²) in [5.74, 6) is -0.0680. The Balaban J connectivity index is 1.70. The van der Waals surface area contributed by atoms with Crippen LogP contribution >= 0.6 is 0 Å². The topological polar surface area (TPSA) is 37.3 Å². The quantitative estimate of drug-likeness (QED) is 0.844. The van der Waals surface area contributed by atoms with E-state index in [2.05, 4.69) is 5.32 Å². The molecule has 17 heavy (non-hydrogen) atoms. The minimum absolute atomic E-state index is 0.0680. The third-order valence-corrected chi connectivity index (χ3v) is 3.02. The molecule has 0 aliphatic carbocycles. The highest BCUT2D eigenvalue weighted by Crippen LogP contribution is 2.10. The van der Waals surface area contributed by atoms with E-state index in [0.717, 1.165) is 13.1 Å². The van der Waals surface area contributed by atoms with Gasteiger partial charge < -0.3 is 9.88 Å². The lowest BCUT2D eigenvalue weighted by Gasteiger charge is -2.14. The van der Waals surface area contributed by atoms with Crippen LogP contribution in [0.5, 0.6) is 0 Å². The summed E-state index contributed by atoms with van der Waals surface area (Å²) in [5.41, 5.74) is 0.664. The van der Waals surface area contributed by atoms with Crippen molar-refractivity contribution >= 4 is 5.91 Å². The molecule has 0 aromatic carbocycles. The van der Waals surface area contributed by atoms with Gasteiger partial charge in [0.05, 0.1) is 5.56 Å². The molecule has 1 aromatic rings. The zero-order chi connectivity index (χ0) is 12.3. The van der Waals surface area contributed by atoms with Crippen molar-refractivity contribution in [2.24, 2.45) is 7.05 Å². The SMILES string of the molecule is Cn1ccc(C(=O)NCCN2CCC(F)C2)c1. The number of halogens is 1. The smallest absolute Gasteiger partial charge is 0.252 e. The summed E-state index contributed by atoms with van der Waals surface area (Å²) in [6.45, 7) is 2.59. The number of alkyl halides is 1. The van der Waals surface area contributed by atoms with Crippen LogP contribution in [0.4, 0.5) is 4.39 Å². The summed E-state index contributed by atoms with van der Waals surface area (Å²) in [6, 6.07) is 1.78. The molecule has 1 saturated heterocycles. The number of nitrogens with one attached hydrogen (secondary N) is 1. The third kappa shape index (κ3) is 3.30. The molecule has 1 unspecified atom stereocenters. The van der Waals surface area contributed by atoms with Gasteiger partial charge in [0.15, 0.2) is 0 Å². The maximum atomic E-state index is 12.9. The van der Waals surface area contributed by atoms with Crippen molar-refractivity contribution in [3.63, 3.8) is 0 Å². The maximum Gasteiger partial charge on any atom is 0.252 e. The van der Waals surface area contributed by atoms with Gasteiger partial charge in [0, 0.05) is 45.6 Å². The molecule has 5 heteroatoms. The molecule has 2 rings (SSSR count). The molecule has 4 nitrogen and oxygen atoms in total. The van der Waals surface area contributed by atoms with Crippen LogP contribution in [0.1, 0.15) is 16.8 Å². The number of carbonyl (C=O) groups excluding carboxylic acids is 1. The van der Waals surface area contributed by atoms with Gasteiger partial charge in [-0.1, -0.05) is 0 Å². The average Bonchev–Trinajstić information content (AvgIpc) is 2.88. The monoisotopic (exact) mass is 239 g/mol. The van der Waals surface area contributed by atoms with E-state index in [1.165, 1.54) is 0 Å². The van der Waals surface area contributed by atoms with Gasteiger partial charge in [-0.2, -0.15) is 0 Å². The number of likely N-dealkylation sites (tertiary alicyclic amines) is 1. The molecule has 2 heterocycles. The Hall–Kier alpha value is -1.36. The lowest BCUT2D eigenvalue weighted by atomic mass is 10.3. The molecule has 0 saturated carbocycles. The molecule has 1 aliphatic heterocycles. The summed E-state index contributed by atoms with van der Waals surface area (Å²) in [5, 5.41) is 2.84. The first-order valence-corrected chi connectivity index (χ1v) is 5.92. The Bertz CT molecular complexity index is 391. The fourth-order valence-electron chi connectivity index (χ4n) is 2.06. The van der Waals surface area contributed by atoms with Crippen molar-refractivity contribution in [3.05, 3.63) is 24.0 Å². The number of rotatable bonds is 4. The van der Waals surface area contributed by atoms with Crippen molar-refractivity contribution in [3.8, 4) is 0 Å². The Kier molecular flexibility index (Phi) is 3.78. The van der Waals surface area contributed by atoms with E-state index < -0.39 is 6.17 Å². The second-order valence-corrected chi connectivity index (χ2v) is 4.51. The van der Waals surface area contributed by atoms with Crippen LogP contribution in [-0.4, -0.2) is 47.7 Å². The first-order valence-electron chi connectivity index (χ1n) is 5.92. The van der Waals surface area contributed by atoms with Crippen molar-refractivity contribution in [1.82, 2.24) is 14.8 Å². The van der Waals surface area contributed by atoms with E-state index in [0.29, 0.717) is 25.1 Å². The second-order valence-electron chi connectivity index (χ2n) is 4.51. The zero-order valence-electron chi connectivity index (χ0n) is 10.0. The summed E-state index contributed by atoms with van der Waals surface area (Å²) < 4.78 is 14.7. The van der Waals surface area contributed by atoms with E-state index in [9.17, 15) is 9.18 Å². The fraction of sp³-hybridized carbons (Fsp3) is 0.583. The molecule has 1 fully saturated rings. The molecule has 1 N–H and O–H groups in total. The van der Waals surface area contributed by atoms with E-state index in [4.69, 9.17) is 0 Å². The van der Waals surface area contributed by atoms with Gasteiger partial charge in [-0.15, -0.1) is 0 Å². The Morgan fingerprint density at radius 1 is 1.65 bits per heavy atom. The maximum absolute atomic E-state index is 12.9. The van der Waals surface area contributed by atoms with Crippen LogP contribution in [-0.2, 0) is 7.05 Å². The van der Waals surface area contributed by atoms with Crippen LogP contribution in [0.25, 0.3) is 0 Å². The standard InChI is InChI=1S/C12H18FN3O/c1-15-5-2-10(8-15)12(17)14-4-7-16-6-3-11(13)9-16/h2,5,8,11H,3-4,6-7,9H2,1H3,(H,14,17). The van der Waals surface area contributed by atoms with Gasteiger partial charge in [-0.3, -0.25) is 9.69 Å². The van der Waals surface area contributed by atoms with Gasteiger partial charge >= 0.3 is 0 Å². The van der Waals surface area contributed by atoms with E-state index >= 15 is 0 Å². The molecule has 0 spiro atoms. The van der Waals surface area contributed by atoms with Crippen LogP contribution in [0, 0.1) is 0 Å². The third-order valence-electron chi connectivity index (χ3n) is 3.02. The van der Waals surface area contributed by atoms with Gasteiger partial charge in [-0.05, 0) is 12.5 Å². The highest BCUT2D eigenvalue weighted by Gasteiger charge is 2.21. The number of aromatic nitrogens is 1. The number of aryl methyl sites for hydroxylation is 1. The van der Waals surface area contributed by atoms with Crippen molar-refractivity contribution in [2.75, 3.05) is 26.2 Å². The molecule has 0 radical (unpaired) electrons. The summed E-state index contributed by atoms with van der Waals surface area (Å²) in [7, 11) is 1.88. The van der Waals surface area contributed by atoms with Crippen LogP contribution in [0.2, 0.25) is 0 Å². The number of nitrogens with zero attached hydrogens (tertiary/aromatic N) is 2. The number of amides is 1. The lowest BCUT2D eigenvalue weighted by molar-refractivity contribution is 0.0949. The molecule has 0 bridgehead atoms. The van der Waals surface area contributed by atoms with Gasteiger partial charge in [-0.25, -0.2) is 4.39 Å². The Labute approximate surface area is 100 Å². The summed E-state index contributed by atoms with van der Waals surface area (Å²) >= 11 is 0. The van der Waals surface area contributed by atoms with E-state index in [-0.39, 0.29) is 5.91 Å². The predicted octanol–water partition coefficient (Wildman–Crippen LogP) is 0.799. The van der Waals surface area contributed by atoms with Crippen molar-refractivity contribution in [1.29, 1.82) is 0 Å². The van der Waals surface area contributed by atoms with Gasteiger partial charge in [0.1, 0.15) is 6.17 Å². The highest BCUT2D eigenvalue weighted by atomic mass is 19.1. The van der Waals surface area contributed by atoms with E-state index in [1.54, 1.807) is 12.3 Å². The summed E-state index contributed by atoms with van der Waals surface area (Å²) in [6.07, 6.45) is 3.54. The minimum Gasteiger partial charge on any atom is -0.356 e. The van der Waals surface area contributed by atoms with Crippen LogP contribution < -0.4 is 5.32 Å². The Morgan fingerprint density at radius 3 is 3.06 bits per heavy atom. The second kappa shape index (κ2) is 5.31. The van der Waals surface area contributed by atoms with Gasteiger partial charge in [0.25, 0.3) is 5.91 Å². The molecule has 1 aromatic heterocycles. The molecule has 1 atom stereocenters. The first kappa shape index (κ1) is 12.1. The van der Waals surface area contributed by atoms with Crippen molar-refractivity contribution < 1.29 is 9.18 Å². The molecule has 94 valence electrons. The van der Waals surface area contributed by atoms with Crippen molar-refractivity contribution in [2.45, 2.75) is 12.6 Å². The van der Waals surface area contributed by atoms with E-state index in [1.807, 2.05) is 22.7 Å². The molecular weight excluding hydrogens is 221 g/mol. The number of hydrogen-bond acceptors (Lipinski definition) is 2. The molecule has 1 amide bonds. The number of carbonyl (C=O) groups is 1. The summed E-state index contributed by atoms with van der Waals surface area (Å²) in [4.78, 5) is 13.7. The fourth-order valence-corrected chi connectivity index (χ4v) is 2.06. The lowest BCUT2D eigenvalue weighted by Crippen LogP contribution is -2.33. The van der Waals surface area contributed by atoms with Crippen LogP contribution in [0.15, 0.2) is 18.5 Å². The zero-order valence-corrected chi connectivity index (χ0v) is 10.0. The Morgan fingerprint density at radius 2 is 2.47 bits per heavy atom. The predicted molar refractivity (Wildman–Crippen MR) is 63.7 cm³/mol. The average molecular weight is 239 g/mol. The highest BCUT2D eigenvalue weighted by molar-refractivity contribution is 5.93. The normalized spacial score (nSPS) is 20.7. The largest absolute Gasteiger partial charge is 0.356 e. The van der Waals surface area contributed by atoms with Crippen LogP contribution in [0.3, 0.4) is 0 Å². The molecular formula is C12H18FN3O. The number of hydrogen-bond donors (Lipinski definition) is 1. The first-order chi connectivity index (χ1) is 8.15. The molecule has 1 aliphatic rings. The van der Waals surface area contributed by atoms with Gasteiger partial charge in [0.2, 0.25) is 0 Å².